The van der Waals surface area contributed by atoms with Crippen LogP contribution < -0.4 is 20.7 Å². The van der Waals surface area contributed by atoms with Crippen LogP contribution in [0.3, 0.4) is 0 Å². The lowest BCUT2D eigenvalue weighted by atomic mass is 9.84. The van der Waals surface area contributed by atoms with Crippen molar-refractivity contribution < 1.29 is 22.7 Å². The molecule has 0 bridgehead atoms. The van der Waals surface area contributed by atoms with Crippen LogP contribution >= 0.6 is 0 Å². The summed E-state index contributed by atoms with van der Waals surface area (Å²) in [6.45, 7) is 7.83. The molecule has 0 aliphatic rings. The molecule has 202 valence electrons. The first-order chi connectivity index (χ1) is 17.7. The first-order valence-electron chi connectivity index (χ1n) is 11.8. The van der Waals surface area contributed by atoms with Crippen molar-refractivity contribution in [1.82, 2.24) is 9.55 Å². The van der Waals surface area contributed by atoms with Gasteiger partial charge in [-0.3, -0.25) is 19.1 Å². The normalized spacial score (nSPS) is 11.9. The number of hydrogen-bond acceptors (Lipinski definition) is 7. The minimum atomic E-state index is -3.55. The van der Waals surface area contributed by atoms with Gasteiger partial charge in [-0.1, -0.05) is 39.0 Å². The molecule has 38 heavy (non-hydrogen) atoms. The Bertz CT molecular complexity index is 1610. The van der Waals surface area contributed by atoms with Gasteiger partial charge in [-0.15, -0.1) is 0 Å². The number of aromatic amines is 1. The van der Waals surface area contributed by atoms with Crippen LogP contribution in [0.4, 0.5) is 5.69 Å². The molecule has 0 aliphatic heterocycles. The number of ether oxygens (including phenoxy) is 2. The van der Waals surface area contributed by atoms with E-state index in [0.29, 0.717) is 22.6 Å². The minimum Gasteiger partial charge on any atom is -0.496 e. The number of nitrogens with zero attached hydrogens (tertiary/aromatic N) is 1. The summed E-state index contributed by atoms with van der Waals surface area (Å²) in [5.74, 6) is -0.0387. The third kappa shape index (κ3) is 6.80. The first-order valence-corrected chi connectivity index (χ1v) is 13.6. The Hall–Kier alpha value is -4.12. The molecular formula is C27H31N3O7S. The maximum absolute atomic E-state index is 12.7. The van der Waals surface area contributed by atoms with Crippen LogP contribution in [0.1, 0.15) is 54.7 Å². The minimum absolute atomic E-state index is 0.143. The molecule has 0 spiro atoms. The summed E-state index contributed by atoms with van der Waals surface area (Å²) in [4.78, 5) is 39.0. The monoisotopic (exact) mass is 541 g/mol. The van der Waals surface area contributed by atoms with Crippen molar-refractivity contribution in [1.29, 1.82) is 0 Å². The van der Waals surface area contributed by atoms with E-state index in [4.69, 9.17) is 9.47 Å². The van der Waals surface area contributed by atoms with E-state index in [2.05, 4.69) is 9.71 Å². The molecule has 0 saturated carbocycles. The molecule has 0 unspecified atom stereocenters. The fourth-order valence-electron chi connectivity index (χ4n) is 3.85. The second kappa shape index (κ2) is 11.1. The lowest BCUT2D eigenvalue weighted by Gasteiger charge is -2.25. The molecule has 3 aromatic rings. The van der Waals surface area contributed by atoms with Gasteiger partial charge in [-0.25, -0.2) is 18.0 Å². The lowest BCUT2D eigenvalue weighted by molar-refractivity contribution is 0.0526. The number of rotatable bonds is 8. The van der Waals surface area contributed by atoms with E-state index < -0.39 is 27.2 Å². The first kappa shape index (κ1) is 28.5. The molecule has 1 aromatic heterocycles. The maximum atomic E-state index is 12.7. The second-order valence-electron chi connectivity index (χ2n) is 9.58. The highest BCUT2D eigenvalue weighted by atomic mass is 32.2. The molecule has 0 aliphatic carbocycles. The van der Waals surface area contributed by atoms with E-state index in [1.54, 1.807) is 38.3 Å². The van der Waals surface area contributed by atoms with Crippen LogP contribution in [0.15, 0.2) is 52.2 Å². The Balaban J connectivity index is 2.21. The van der Waals surface area contributed by atoms with Crippen LogP contribution in [-0.2, 0) is 20.2 Å². The van der Waals surface area contributed by atoms with Gasteiger partial charge in [0.2, 0.25) is 10.0 Å². The molecule has 0 radical (unpaired) electrons. The third-order valence-electron chi connectivity index (χ3n) is 5.51. The zero-order chi connectivity index (χ0) is 28.3. The Kier molecular flexibility index (Phi) is 8.31. The number of methoxy groups -OCH3 is 1. The Morgan fingerprint density at radius 1 is 1.08 bits per heavy atom. The van der Waals surface area contributed by atoms with Crippen molar-refractivity contribution in [3.8, 4) is 11.4 Å². The van der Waals surface area contributed by atoms with Crippen molar-refractivity contribution in [3.05, 3.63) is 85.7 Å². The standard InChI is InChI=1S/C27H31N3O7S/c1-7-37-25(32)21-15-19(29-38(6,34)35)11-10-17(21)8-9-18-14-20(30-13-12-23(31)28-26(30)33)16-22(24(18)36-5)27(2,3)4/h8-16,29H,7H2,1-6H3,(H,28,31,33). The summed E-state index contributed by atoms with van der Waals surface area (Å²) >= 11 is 0. The number of aromatic nitrogens is 2. The summed E-state index contributed by atoms with van der Waals surface area (Å²) in [7, 11) is -2.01. The molecule has 2 aromatic carbocycles. The van der Waals surface area contributed by atoms with Crippen molar-refractivity contribution >= 4 is 33.8 Å². The molecule has 0 amide bonds. The van der Waals surface area contributed by atoms with Gasteiger partial charge in [0.05, 0.1) is 31.2 Å². The maximum Gasteiger partial charge on any atom is 0.338 e. The molecule has 10 nitrogen and oxygen atoms in total. The average Bonchev–Trinajstić information content (AvgIpc) is 2.81. The van der Waals surface area contributed by atoms with Gasteiger partial charge in [0, 0.05) is 29.1 Å². The number of sulfonamides is 1. The Morgan fingerprint density at radius 3 is 2.34 bits per heavy atom. The van der Waals surface area contributed by atoms with Crippen LogP contribution in [0.25, 0.3) is 17.8 Å². The van der Waals surface area contributed by atoms with Gasteiger partial charge in [0.1, 0.15) is 5.75 Å². The fourth-order valence-corrected chi connectivity index (χ4v) is 4.40. The molecule has 0 saturated heterocycles. The van der Waals surface area contributed by atoms with Crippen molar-refractivity contribution in [2.75, 3.05) is 24.7 Å². The molecule has 2 N–H and O–H groups in total. The largest absolute Gasteiger partial charge is 0.496 e. The summed E-state index contributed by atoms with van der Waals surface area (Å²) in [6.07, 6.45) is 5.83. The van der Waals surface area contributed by atoms with E-state index in [1.807, 2.05) is 26.8 Å². The number of anilines is 1. The van der Waals surface area contributed by atoms with Gasteiger partial charge >= 0.3 is 11.7 Å². The van der Waals surface area contributed by atoms with Crippen molar-refractivity contribution in [2.24, 2.45) is 0 Å². The van der Waals surface area contributed by atoms with Crippen LogP contribution in [0.5, 0.6) is 5.75 Å². The fraction of sp³-hybridized carbons (Fsp3) is 0.296. The van der Waals surface area contributed by atoms with Crippen LogP contribution in [0, 0.1) is 0 Å². The van der Waals surface area contributed by atoms with Crippen LogP contribution in [0.2, 0.25) is 0 Å². The number of hydrogen-bond donors (Lipinski definition) is 2. The highest BCUT2D eigenvalue weighted by molar-refractivity contribution is 7.92. The number of carbonyl (C=O) groups excluding carboxylic acids is 1. The molecule has 3 rings (SSSR count). The highest BCUT2D eigenvalue weighted by Crippen LogP contribution is 2.37. The third-order valence-corrected chi connectivity index (χ3v) is 6.12. The number of benzene rings is 2. The Morgan fingerprint density at radius 2 is 1.76 bits per heavy atom. The highest BCUT2D eigenvalue weighted by Gasteiger charge is 2.23. The quantitative estimate of drug-likeness (QED) is 0.329. The molecule has 1 heterocycles. The second-order valence-corrected chi connectivity index (χ2v) is 11.3. The van der Waals surface area contributed by atoms with Crippen molar-refractivity contribution in [3.63, 3.8) is 0 Å². The lowest BCUT2D eigenvalue weighted by Crippen LogP contribution is -2.28. The van der Waals surface area contributed by atoms with Crippen molar-refractivity contribution in [2.45, 2.75) is 33.1 Å². The number of H-pyrrole nitrogens is 1. The summed E-state index contributed by atoms with van der Waals surface area (Å²) in [6, 6.07) is 9.36. The topological polar surface area (TPSA) is 137 Å². The zero-order valence-electron chi connectivity index (χ0n) is 22.1. The molecular weight excluding hydrogens is 510 g/mol. The number of nitrogens with one attached hydrogen (secondary N) is 2. The molecule has 0 fully saturated rings. The number of carbonyl (C=O) groups is 1. The summed E-state index contributed by atoms with van der Waals surface area (Å²) < 4.78 is 38.0. The van der Waals surface area contributed by atoms with E-state index >= 15 is 0 Å². The smallest absolute Gasteiger partial charge is 0.338 e. The predicted octanol–water partition coefficient (Wildman–Crippen LogP) is 3.55. The van der Waals surface area contributed by atoms with Gasteiger partial charge < -0.3 is 9.47 Å². The Labute approximate surface area is 221 Å². The zero-order valence-corrected chi connectivity index (χ0v) is 22.9. The summed E-state index contributed by atoms with van der Waals surface area (Å²) in [5.41, 5.74) is 1.34. The van der Waals surface area contributed by atoms with Gasteiger partial charge in [0.25, 0.3) is 5.56 Å². The van der Waals surface area contributed by atoms with Gasteiger partial charge in [0.15, 0.2) is 0 Å². The molecule has 11 heteroatoms. The molecule has 0 atom stereocenters. The van der Waals surface area contributed by atoms with E-state index in [1.165, 1.54) is 29.0 Å². The van der Waals surface area contributed by atoms with E-state index in [-0.39, 0.29) is 23.3 Å². The predicted molar refractivity (Wildman–Crippen MR) is 148 cm³/mol. The van der Waals surface area contributed by atoms with Crippen LogP contribution in [-0.4, -0.2) is 43.9 Å². The van der Waals surface area contributed by atoms with Gasteiger partial charge in [-0.2, -0.15) is 0 Å². The van der Waals surface area contributed by atoms with E-state index in [9.17, 15) is 22.8 Å². The average molecular weight is 542 g/mol. The number of esters is 1. The van der Waals surface area contributed by atoms with Gasteiger partial charge in [-0.05, 0) is 42.2 Å². The summed E-state index contributed by atoms with van der Waals surface area (Å²) in [5, 5.41) is 0. The van der Waals surface area contributed by atoms with E-state index in [0.717, 1.165) is 11.8 Å². The SMILES string of the molecule is CCOC(=O)c1cc(NS(C)(=O)=O)ccc1C=Cc1cc(-n2ccc(=O)[nH]c2=O)cc(C(C)(C)C)c1OC.